The maximum absolute atomic E-state index is 13.4. The molecule has 0 saturated carbocycles. The van der Waals surface area contributed by atoms with Crippen LogP contribution in [-0.4, -0.2) is 36.3 Å². The summed E-state index contributed by atoms with van der Waals surface area (Å²) in [6.07, 6.45) is 0. The third kappa shape index (κ3) is 4.28. The Morgan fingerprint density at radius 1 is 1.29 bits per heavy atom. The molecule has 9 nitrogen and oxygen atoms in total. The molecule has 0 saturated heterocycles. The van der Waals surface area contributed by atoms with E-state index in [-0.39, 0.29) is 10.8 Å². The second-order valence-electron chi connectivity index (χ2n) is 5.53. The number of nitro benzene ring substituents is 1. The summed E-state index contributed by atoms with van der Waals surface area (Å²) in [7, 11) is 0. The molecular formula is C16H12F2N6O3S. The van der Waals surface area contributed by atoms with E-state index in [4.69, 9.17) is 0 Å². The van der Waals surface area contributed by atoms with Gasteiger partial charge in [-0.3, -0.25) is 14.9 Å². The smallest absolute Gasteiger partial charge is 0.306 e. The Balaban J connectivity index is 1.73. The van der Waals surface area contributed by atoms with E-state index in [1.165, 1.54) is 28.9 Å². The number of anilines is 1. The van der Waals surface area contributed by atoms with Gasteiger partial charge >= 0.3 is 5.69 Å². The topological polar surface area (TPSA) is 116 Å². The molecule has 28 heavy (non-hydrogen) atoms. The van der Waals surface area contributed by atoms with Crippen LogP contribution in [0.3, 0.4) is 0 Å². The van der Waals surface area contributed by atoms with Crippen molar-refractivity contribution >= 4 is 29.0 Å². The minimum atomic E-state index is -1.00. The summed E-state index contributed by atoms with van der Waals surface area (Å²) in [6, 6.07) is 8.66. The Kier molecular flexibility index (Phi) is 5.59. The number of aromatic nitrogens is 4. The lowest BCUT2D eigenvalue weighted by Crippen LogP contribution is -2.23. The molecule has 1 amide bonds. The number of tetrazole rings is 1. The normalized spacial score (nSPS) is 11.8. The predicted octanol–water partition coefficient (Wildman–Crippen LogP) is 2.97. The number of nitrogens with one attached hydrogen (secondary N) is 1. The van der Waals surface area contributed by atoms with Crippen LogP contribution < -0.4 is 5.32 Å². The van der Waals surface area contributed by atoms with Gasteiger partial charge in [-0.15, -0.1) is 5.10 Å². The molecule has 0 fully saturated rings. The molecule has 1 atom stereocenters. The maximum atomic E-state index is 13.4. The van der Waals surface area contributed by atoms with Crippen molar-refractivity contribution < 1.29 is 18.5 Å². The van der Waals surface area contributed by atoms with Crippen LogP contribution in [0.1, 0.15) is 6.92 Å². The Hall–Kier alpha value is -3.41. The van der Waals surface area contributed by atoms with E-state index in [0.717, 1.165) is 23.9 Å². The lowest BCUT2D eigenvalue weighted by atomic mass is 10.2. The number of rotatable bonds is 6. The molecule has 0 aliphatic rings. The minimum Gasteiger partial charge on any atom is -0.325 e. The molecule has 1 aromatic heterocycles. The number of benzene rings is 2. The van der Waals surface area contributed by atoms with Crippen molar-refractivity contribution in [1.29, 1.82) is 0 Å². The molecule has 0 aliphatic carbocycles. The van der Waals surface area contributed by atoms with Gasteiger partial charge in [-0.1, -0.05) is 17.8 Å². The Morgan fingerprint density at radius 2 is 2.07 bits per heavy atom. The molecule has 3 rings (SSSR count). The summed E-state index contributed by atoms with van der Waals surface area (Å²) in [5, 5.41) is 24.0. The van der Waals surface area contributed by atoms with E-state index in [0.29, 0.717) is 5.69 Å². The highest BCUT2D eigenvalue weighted by Crippen LogP contribution is 2.26. The van der Waals surface area contributed by atoms with E-state index < -0.39 is 33.4 Å². The Bertz CT molecular complexity index is 1040. The first kappa shape index (κ1) is 19.4. The number of hydrogen-bond acceptors (Lipinski definition) is 7. The van der Waals surface area contributed by atoms with Gasteiger partial charge in [-0.2, -0.15) is 9.07 Å². The van der Waals surface area contributed by atoms with E-state index in [9.17, 15) is 23.7 Å². The van der Waals surface area contributed by atoms with Gasteiger partial charge in [0, 0.05) is 11.8 Å². The highest BCUT2D eigenvalue weighted by atomic mass is 32.2. The molecule has 0 radical (unpaired) electrons. The summed E-state index contributed by atoms with van der Waals surface area (Å²) >= 11 is 1.00. The van der Waals surface area contributed by atoms with Gasteiger partial charge in [-0.05, 0) is 47.7 Å². The van der Waals surface area contributed by atoms with Gasteiger partial charge in [0.2, 0.25) is 16.9 Å². The molecule has 1 heterocycles. The third-order valence-corrected chi connectivity index (χ3v) is 4.59. The van der Waals surface area contributed by atoms with Gasteiger partial charge < -0.3 is 5.32 Å². The molecule has 12 heteroatoms. The van der Waals surface area contributed by atoms with Gasteiger partial charge in [0.1, 0.15) is 5.82 Å². The van der Waals surface area contributed by atoms with Crippen LogP contribution in [0.15, 0.2) is 47.6 Å². The van der Waals surface area contributed by atoms with Crippen LogP contribution in [0.5, 0.6) is 0 Å². The van der Waals surface area contributed by atoms with Gasteiger partial charge in [0.15, 0.2) is 0 Å². The molecular weight excluding hydrogens is 394 g/mol. The molecule has 0 spiro atoms. The predicted molar refractivity (Wildman–Crippen MR) is 96.1 cm³/mol. The van der Waals surface area contributed by atoms with Gasteiger partial charge in [0.05, 0.1) is 15.9 Å². The molecule has 1 N–H and O–H groups in total. The van der Waals surface area contributed by atoms with Crippen molar-refractivity contribution in [2.24, 2.45) is 0 Å². The maximum Gasteiger partial charge on any atom is 0.306 e. The van der Waals surface area contributed by atoms with Crippen molar-refractivity contribution in [1.82, 2.24) is 20.2 Å². The minimum absolute atomic E-state index is 0.0790. The fourth-order valence-electron chi connectivity index (χ4n) is 2.21. The van der Waals surface area contributed by atoms with Crippen LogP contribution in [0.4, 0.5) is 20.2 Å². The van der Waals surface area contributed by atoms with E-state index in [1.54, 1.807) is 13.0 Å². The molecule has 2 aromatic carbocycles. The first-order valence-electron chi connectivity index (χ1n) is 7.81. The highest BCUT2D eigenvalue weighted by Gasteiger charge is 2.21. The molecule has 0 aliphatic heterocycles. The average molecular weight is 406 g/mol. The van der Waals surface area contributed by atoms with Crippen LogP contribution in [0.2, 0.25) is 0 Å². The number of hydrogen-bond donors (Lipinski definition) is 1. The fraction of sp³-hybridized carbons (Fsp3) is 0.125. The summed E-state index contributed by atoms with van der Waals surface area (Å²) in [5.41, 5.74) is -0.280. The molecule has 0 unspecified atom stereocenters. The summed E-state index contributed by atoms with van der Waals surface area (Å²) < 4.78 is 28.1. The molecule has 144 valence electrons. The third-order valence-electron chi connectivity index (χ3n) is 3.56. The van der Waals surface area contributed by atoms with Crippen LogP contribution >= 0.6 is 11.8 Å². The monoisotopic (exact) mass is 406 g/mol. The van der Waals surface area contributed by atoms with Crippen LogP contribution in [-0.2, 0) is 4.79 Å². The standard InChI is InChI=1S/C16H12F2N6O3S/c1-9(15(25)19-11-5-6-13(18)14(8-11)24(26)27)28-16-20-21-22-23(16)12-4-2-3-10(17)7-12/h2-9H,1H3,(H,19,25)/t9-/m1/s1. The van der Waals surface area contributed by atoms with E-state index in [2.05, 4.69) is 20.8 Å². The zero-order chi connectivity index (χ0) is 20.3. The summed E-state index contributed by atoms with van der Waals surface area (Å²) in [4.78, 5) is 22.3. The molecule has 3 aromatic rings. The largest absolute Gasteiger partial charge is 0.325 e. The Labute approximate surface area is 160 Å². The zero-order valence-electron chi connectivity index (χ0n) is 14.2. The van der Waals surface area contributed by atoms with Crippen molar-refractivity contribution in [3.8, 4) is 5.69 Å². The molecule has 0 bridgehead atoms. The number of thioether (sulfide) groups is 1. The summed E-state index contributed by atoms with van der Waals surface area (Å²) in [6.45, 7) is 1.57. The second-order valence-corrected chi connectivity index (χ2v) is 6.83. The van der Waals surface area contributed by atoms with Crippen molar-refractivity contribution in [2.45, 2.75) is 17.3 Å². The first-order valence-corrected chi connectivity index (χ1v) is 8.69. The van der Waals surface area contributed by atoms with Crippen LogP contribution in [0.25, 0.3) is 5.69 Å². The quantitative estimate of drug-likeness (QED) is 0.380. The number of carbonyl (C=O) groups excluding carboxylic acids is 1. The Morgan fingerprint density at radius 3 is 2.79 bits per heavy atom. The van der Waals surface area contributed by atoms with E-state index in [1.807, 2.05) is 0 Å². The van der Waals surface area contributed by atoms with Crippen molar-refractivity contribution in [2.75, 3.05) is 5.32 Å². The van der Waals surface area contributed by atoms with Gasteiger partial charge in [0.25, 0.3) is 0 Å². The second kappa shape index (κ2) is 8.08. The summed E-state index contributed by atoms with van der Waals surface area (Å²) in [5.74, 6) is -1.97. The fourth-order valence-corrected chi connectivity index (χ4v) is 3.02. The van der Waals surface area contributed by atoms with E-state index >= 15 is 0 Å². The highest BCUT2D eigenvalue weighted by molar-refractivity contribution is 8.00. The number of nitro groups is 1. The van der Waals surface area contributed by atoms with Crippen molar-refractivity contribution in [3.63, 3.8) is 0 Å². The lowest BCUT2D eigenvalue weighted by molar-refractivity contribution is -0.387. The SMILES string of the molecule is C[C@@H](Sc1nnnn1-c1cccc(F)c1)C(=O)Nc1ccc(F)c([N+](=O)[O-])c1. The first-order chi connectivity index (χ1) is 13.3. The average Bonchev–Trinajstić information content (AvgIpc) is 3.11. The number of nitrogens with zero attached hydrogens (tertiary/aromatic N) is 5. The number of amides is 1. The zero-order valence-corrected chi connectivity index (χ0v) is 15.1. The van der Waals surface area contributed by atoms with Crippen molar-refractivity contribution in [3.05, 3.63) is 64.2 Å². The lowest BCUT2D eigenvalue weighted by Gasteiger charge is -2.12. The van der Waals surface area contributed by atoms with Gasteiger partial charge in [-0.25, -0.2) is 4.39 Å². The number of carbonyl (C=O) groups is 1. The van der Waals surface area contributed by atoms with Crippen LogP contribution in [0, 0.1) is 21.7 Å². The number of halogens is 2.